The number of likely N-dealkylation sites (N-methyl/N-ethyl adjacent to an activating group) is 2. The molecule has 4 amide bonds. The van der Waals surface area contributed by atoms with Crippen molar-refractivity contribution in [3.63, 3.8) is 0 Å². The van der Waals surface area contributed by atoms with Gasteiger partial charge in [0.05, 0.1) is 7.11 Å². The summed E-state index contributed by atoms with van der Waals surface area (Å²) in [7, 11) is 4.23. The first-order valence-electron chi connectivity index (χ1n) is 9.09. The highest BCUT2D eigenvalue weighted by atomic mass is 16.5. The molecule has 2 fully saturated rings. The zero-order valence-electron chi connectivity index (χ0n) is 16.3. The lowest BCUT2D eigenvalue weighted by Crippen LogP contribution is -2.62. The summed E-state index contributed by atoms with van der Waals surface area (Å²) < 4.78 is 6.35. The SMILES string of the molecule is COC(=O)C[N+]1=C(CN2CCC(C(N)=O)CC2)N=C2C1C(=O)N(C)C(=O)N2C. The fourth-order valence-electron chi connectivity index (χ4n) is 3.74. The van der Waals surface area contributed by atoms with Gasteiger partial charge in [-0.2, -0.15) is 0 Å². The number of primary amides is 1. The standard InChI is InChI=1S/C17H24N6O5/c1-20-15-13(16(26)21(2)17(20)27)23(9-12(24)28-3)11(19-15)8-22-6-4-10(5-7-22)14(18)25/h10,13H,4-9H2,1-3H3,(H-,18,25)/p+1. The van der Waals surface area contributed by atoms with Gasteiger partial charge in [-0.3, -0.25) is 24.3 Å². The lowest BCUT2D eigenvalue weighted by atomic mass is 9.96. The van der Waals surface area contributed by atoms with Gasteiger partial charge in [0.1, 0.15) is 6.54 Å². The highest BCUT2D eigenvalue weighted by Gasteiger charge is 2.53. The third-order valence-corrected chi connectivity index (χ3v) is 5.50. The van der Waals surface area contributed by atoms with Gasteiger partial charge in [0.2, 0.25) is 5.91 Å². The van der Waals surface area contributed by atoms with E-state index in [1.807, 2.05) is 0 Å². The molecule has 0 spiro atoms. The van der Waals surface area contributed by atoms with Crippen molar-refractivity contribution < 1.29 is 28.5 Å². The second-order valence-electron chi connectivity index (χ2n) is 7.18. The molecule has 2 N–H and O–H groups in total. The average Bonchev–Trinajstić information content (AvgIpc) is 3.03. The van der Waals surface area contributed by atoms with Crippen LogP contribution in [-0.2, 0) is 19.1 Å². The van der Waals surface area contributed by atoms with Crippen LogP contribution in [0.4, 0.5) is 4.79 Å². The van der Waals surface area contributed by atoms with Gasteiger partial charge in [-0.15, -0.1) is 0 Å². The molecule has 0 bridgehead atoms. The van der Waals surface area contributed by atoms with Crippen molar-refractivity contribution in [2.45, 2.75) is 18.9 Å². The Hall–Kier alpha value is -2.82. The predicted octanol–water partition coefficient (Wildman–Crippen LogP) is -1.93. The first-order valence-corrected chi connectivity index (χ1v) is 9.09. The van der Waals surface area contributed by atoms with Gasteiger partial charge in [0.15, 0.2) is 6.54 Å². The predicted molar refractivity (Wildman–Crippen MR) is 97.7 cm³/mol. The Morgan fingerprint density at radius 3 is 2.43 bits per heavy atom. The Labute approximate surface area is 162 Å². The second-order valence-corrected chi connectivity index (χ2v) is 7.18. The minimum Gasteiger partial charge on any atom is -0.466 e. The largest absolute Gasteiger partial charge is 0.466 e. The van der Waals surface area contributed by atoms with E-state index in [4.69, 9.17) is 10.5 Å². The highest BCUT2D eigenvalue weighted by Crippen LogP contribution is 2.21. The summed E-state index contributed by atoms with van der Waals surface area (Å²) in [5.41, 5.74) is 5.38. The summed E-state index contributed by atoms with van der Waals surface area (Å²) in [5, 5.41) is 0. The molecule has 3 heterocycles. The van der Waals surface area contributed by atoms with E-state index in [-0.39, 0.29) is 18.4 Å². The molecular formula is C17H25N6O5+. The number of aliphatic imine (C=N–C) groups is 1. The number of imide groups is 1. The summed E-state index contributed by atoms with van der Waals surface area (Å²) in [5.74, 6) is -0.542. The van der Waals surface area contributed by atoms with Gasteiger partial charge < -0.3 is 10.5 Å². The fraction of sp³-hybridized carbons (Fsp3) is 0.647. The van der Waals surface area contributed by atoms with E-state index in [0.717, 1.165) is 4.90 Å². The quantitative estimate of drug-likeness (QED) is 0.428. The van der Waals surface area contributed by atoms with E-state index in [1.165, 1.54) is 19.1 Å². The van der Waals surface area contributed by atoms with Gasteiger partial charge in [-0.25, -0.2) is 14.2 Å². The van der Waals surface area contributed by atoms with Crippen LogP contribution < -0.4 is 5.73 Å². The molecular weight excluding hydrogens is 368 g/mol. The molecule has 0 aliphatic carbocycles. The maximum atomic E-state index is 12.7. The molecule has 1 atom stereocenters. The molecule has 11 nitrogen and oxygen atoms in total. The molecule has 0 aromatic rings. The number of esters is 1. The van der Waals surface area contributed by atoms with E-state index < -0.39 is 23.9 Å². The van der Waals surface area contributed by atoms with Gasteiger partial charge in [-0.1, -0.05) is 0 Å². The van der Waals surface area contributed by atoms with Crippen LogP contribution in [0.15, 0.2) is 4.99 Å². The number of methoxy groups -OCH3 is 1. The van der Waals surface area contributed by atoms with Crippen LogP contribution in [-0.4, -0.2) is 108 Å². The van der Waals surface area contributed by atoms with Crippen LogP contribution in [0.2, 0.25) is 0 Å². The Bertz CT molecular complexity index is 783. The lowest BCUT2D eigenvalue weighted by molar-refractivity contribution is -0.527. The van der Waals surface area contributed by atoms with Crippen molar-refractivity contribution in [3.05, 3.63) is 0 Å². The molecule has 11 heteroatoms. The van der Waals surface area contributed by atoms with Gasteiger partial charge in [0.25, 0.3) is 17.8 Å². The van der Waals surface area contributed by atoms with Crippen molar-refractivity contribution in [2.75, 3.05) is 47.4 Å². The number of rotatable bonds is 5. The molecule has 3 rings (SSSR count). The van der Waals surface area contributed by atoms with E-state index in [2.05, 4.69) is 9.89 Å². The van der Waals surface area contributed by atoms with Crippen LogP contribution in [0.5, 0.6) is 0 Å². The smallest absolute Gasteiger partial charge is 0.347 e. The highest BCUT2D eigenvalue weighted by molar-refractivity contribution is 6.23. The van der Waals surface area contributed by atoms with E-state index in [9.17, 15) is 19.2 Å². The normalized spacial score (nSPS) is 23.8. The van der Waals surface area contributed by atoms with Crippen molar-refractivity contribution in [3.8, 4) is 0 Å². The molecule has 3 aliphatic heterocycles. The molecule has 1 unspecified atom stereocenters. The molecule has 152 valence electrons. The number of nitrogens with two attached hydrogens (primary N) is 1. The van der Waals surface area contributed by atoms with Crippen molar-refractivity contribution >= 4 is 35.5 Å². The summed E-state index contributed by atoms with van der Waals surface area (Å²) in [6.07, 6.45) is 1.30. The van der Waals surface area contributed by atoms with E-state index in [0.29, 0.717) is 44.1 Å². The molecule has 0 saturated carbocycles. The number of hydrogen-bond acceptors (Lipinski definition) is 7. The monoisotopic (exact) mass is 393 g/mol. The Morgan fingerprint density at radius 1 is 1.21 bits per heavy atom. The van der Waals surface area contributed by atoms with Crippen molar-refractivity contribution in [1.29, 1.82) is 0 Å². The van der Waals surface area contributed by atoms with Gasteiger partial charge in [0, 0.05) is 20.0 Å². The minimum atomic E-state index is -0.843. The number of likely N-dealkylation sites (tertiary alicyclic amines) is 1. The van der Waals surface area contributed by atoms with E-state index >= 15 is 0 Å². The van der Waals surface area contributed by atoms with Gasteiger partial charge in [-0.05, 0) is 30.9 Å². The number of amidine groups is 2. The number of carbonyl (C=O) groups excluding carboxylic acids is 4. The molecule has 0 radical (unpaired) electrons. The van der Waals surface area contributed by atoms with Crippen molar-refractivity contribution in [2.24, 2.45) is 16.6 Å². The minimum absolute atomic E-state index is 0.135. The Kier molecular flexibility index (Phi) is 5.45. The fourth-order valence-corrected chi connectivity index (χ4v) is 3.74. The Balaban J connectivity index is 1.86. The zero-order valence-corrected chi connectivity index (χ0v) is 16.3. The maximum Gasteiger partial charge on any atom is 0.347 e. The number of nitrogens with zero attached hydrogens (tertiary/aromatic N) is 5. The number of amides is 4. The molecule has 0 aromatic carbocycles. The summed E-state index contributed by atoms with van der Waals surface area (Å²) >= 11 is 0. The average molecular weight is 393 g/mol. The van der Waals surface area contributed by atoms with Crippen LogP contribution in [0.25, 0.3) is 0 Å². The van der Waals surface area contributed by atoms with Crippen LogP contribution in [0.1, 0.15) is 12.8 Å². The number of fused-ring (bicyclic) bond motifs is 1. The van der Waals surface area contributed by atoms with Crippen LogP contribution >= 0.6 is 0 Å². The van der Waals surface area contributed by atoms with Gasteiger partial charge >= 0.3 is 17.8 Å². The zero-order chi connectivity index (χ0) is 20.6. The van der Waals surface area contributed by atoms with Crippen LogP contribution in [0, 0.1) is 5.92 Å². The number of hydrogen-bond donors (Lipinski definition) is 1. The second kappa shape index (κ2) is 7.66. The topological polar surface area (TPSA) is 129 Å². The molecule has 28 heavy (non-hydrogen) atoms. The van der Waals surface area contributed by atoms with E-state index in [1.54, 1.807) is 11.6 Å². The molecule has 3 aliphatic rings. The third-order valence-electron chi connectivity index (χ3n) is 5.50. The molecule has 2 saturated heterocycles. The summed E-state index contributed by atoms with van der Waals surface area (Å²) in [6, 6.07) is -1.31. The Morgan fingerprint density at radius 2 is 1.86 bits per heavy atom. The lowest BCUT2D eigenvalue weighted by Gasteiger charge is -2.30. The third kappa shape index (κ3) is 3.49. The number of urea groups is 1. The first kappa shape index (κ1) is 19.9. The summed E-state index contributed by atoms with van der Waals surface area (Å²) in [4.78, 5) is 57.2. The number of ether oxygens (including phenoxy) is 1. The molecule has 0 aromatic heterocycles. The number of carbonyl (C=O) groups is 4. The summed E-state index contributed by atoms with van der Waals surface area (Å²) in [6.45, 7) is 1.55. The number of piperidine rings is 1. The maximum absolute atomic E-state index is 12.7. The van der Waals surface area contributed by atoms with Crippen LogP contribution in [0.3, 0.4) is 0 Å². The first-order chi connectivity index (χ1) is 13.2. The van der Waals surface area contributed by atoms with Crippen molar-refractivity contribution in [1.82, 2.24) is 14.7 Å².